The first-order chi connectivity index (χ1) is 7.72. The molecule has 17 heavy (non-hydrogen) atoms. The lowest BCUT2D eigenvalue weighted by Gasteiger charge is -2.10. The van der Waals surface area contributed by atoms with Crippen LogP contribution in [0.3, 0.4) is 0 Å². The standard InChI is InChI=1S/C13H26N2O.ClH/c1-3-6-14-7-8-15-13(16)10-12-5-4-11(2)9-12;/h11-12,14H,3-10H2,1-2H3,(H,15,16);1H. The Labute approximate surface area is 112 Å². The van der Waals surface area contributed by atoms with E-state index in [1.54, 1.807) is 0 Å². The van der Waals surface area contributed by atoms with Crippen molar-refractivity contribution in [3.05, 3.63) is 0 Å². The first-order valence-corrected chi connectivity index (χ1v) is 6.69. The molecule has 2 N–H and O–H groups in total. The summed E-state index contributed by atoms with van der Waals surface area (Å²) < 4.78 is 0. The van der Waals surface area contributed by atoms with Crippen molar-refractivity contribution in [3.8, 4) is 0 Å². The zero-order chi connectivity index (χ0) is 11.8. The van der Waals surface area contributed by atoms with Gasteiger partial charge in [0.1, 0.15) is 0 Å². The van der Waals surface area contributed by atoms with E-state index in [0.29, 0.717) is 5.92 Å². The van der Waals surface area contributed by atoms with Gasteiger partial charge in [-0.25, -0.2) is 0 Å². The van der Waals surface area contributed by atoms with Crippen molar-refractivity contribution < 1.29 is 4.79 Å². The van der Waals surface area contributed by atoms with Gasteiger partial charge in [0.25, 0.3) is 0 Å². The molecule has 0 radical (unpaired) electrons. The summed E-state index contributed by atoms with van der Waals surface area (Å²) >= 11 is 0. The fourth-order valence-corrected chi connectivity index (χ4v) is 2.44. The van der Waals surface area contributed by atoms with E-state index in [2.05, 4.69) is 24.5 Å². The predicted molar refractivity (Wildman–Crippen MR) is 74.5 cm³/mol. The van der Waals surface area contributed by atoms with Gasteiger partial charge in [-0.15, -0.1) is 12.4 Å². The van der Waals surface area contributed by atoms with Gasteiger partial charge in [0, 0.05) is 19.5 Å². The zero-order valence-electron chi connectivity index (χ0n) is 11.1. The molecule has 3 nitrogen and oxygen atoms in total. The largest absolute Gasteiger partial charge is 0.355 e. The second-order valence-corrected chi connectivity index (χ2v) is 5.09. The highest BCUT2D eigenvalue weighted by Crippen LogP contribution is 2.32. The minimum atomic E-state index is 0. The lowest BCUT2D eigenvalue weighted by Crippen LogP contribution is -2.32. The maximum absolute atomic E-state index is 11.6. The second-order valence-electron chi connectivity index (χ2n) is 5.09. The van der Waals surface area contributed by atoms with Crippen LogP contribution >= 0.6 is 12.4 Å². The van der Waals surface area contributed by atoms with Crippen LogP contribution in [0.2, 0.25) is 0 Å². The molecule has 1 saturated carbocycles. The molecule has 1 aliphatic rings. The van der Waals surface area contributed by atoms with E-state index < -0.39 is 0 Å². The molecule has 1 rings (SSSR count). The number of halogens is 1. The maximum Gasteiger partial charge on any atom is 0.220 e. The first-order valence-electron chi connectivity index (χ1n) is 6.69. The number of carbonyl (C=O) groups excluding carboxylic acids is 1. The second kappa shape index (κ2) is 9.72. The molecule has 102 valence electrons. The lowest BCUT2D eigenvalue weighted by molar-refractivity contribution is -0.121. The van der Waals surface area contributed by atoms with Crippen LogP contribution < -0.4 is 10.6 Å². The molecule has 0 heterocycles. The van der Waals surface area contributed by atoms with E-state index in [9.17, 15) is 4.79 Å². The van der Waals surface area contributed by atoms with Gasteiger partial charge in [-0.3, -0.25) is 4.79 Å². The first kappa shape index (κ1) is 16.7. The Kier molecular flexibility index (Phi) is 9.56. The molecular weight excluding hydrogens is 236 g/mol. The van der Waals surface area contributed by atoms with E-state index in [0.717, 1.165) is 38.4 Å². The number of nitrogens with one attached hydrogen (secondary N) is 2. The Morgan fingerprint density at radius 1 is 1.24 bits per heavy atom. The zero-order valence-corrected chi connectivity index (χ0v) is 11.9. The molecular formula is C13H27ClN2O. The summed E-state index contributed by atoms with van der Waals surface area (Å²) in [6.45, 7) is 7.12. The molecule has 0 aromatic heterocycles. The Balaban J connectivity index is 0.00000256. The summed E-state index contributed by atoms with van der Waals surface area (Å²) in [6.07, 6.45) is 5.66. The minimum absolute atomic E-state index is 0. The summed E-state index contributed by atoms with van der Waals surface area (Å²) in [4.78, 5) is 11.6. The summed E-state index contributed by atoms with van der Waals surface area (Å²) in [5.41, 5.74) is 0. The van der Waals surface area contributed by atoms with Crippen LogP contribution in [0.15, 0.2) is 0 Å². The summed E-state index contributed by atoms with van der Waals surface area (Å²) in [5.74, 6) is 1.69. The number of rotatable bonds is 7. The molecule has 0 aromatic carbocycles. The van der Waals surface area contributed by atoms with Crippen molar-refractivity contribution in [2.24, 2.45) is 11.8 Å². The number of amides is 1. The van der Waals surface area contributed by atoms with Gasteiger partial charge >= 0.3 is 0 Å². The SMILES string of the molecule is CCCNCCNC(=O)CC1CCC(C)C1.Cl. The molecule has 0 aliphatic heterocycles. The highest BCUT2D eigenvalue weighted by atomic mass is 35.5. The van der Waals surface area contributed by atoms with Gasteiger partial charge < -0.3 is 10.6 Å². The van der Waals surface area contributed by atoms with Crippen LogP contribution in [0.5, 0.6) is 0 Å². The van der Waals surface area contributed by atoms with Crippen molar-refractivity contribution in [2.75, 3.05) is 19.6 Å². The van der Waals surface area contributed by atoms with Gasteiger partial charge in [0.05, 0.1) is 0 Å². The quantitative estimate of drug-likeness (QED) is 0.692. The van der Waals surface area contributed by atoms with Gasteiger partial charge in [0.15, 0.2) is 0 Å². The molecule has 2 atom stereocenters. The Hall–Kier alpha value is -0.280. The molecule has 4 heteroatoms. The van der Waals surface area contributed by atoms with Crippen LogP contribution in [0.4, 0.5) is 0 Å². The average molecular weight is 263 g/mol. The summed E-state index contributed by atoms with van der Waals surface area (Å²) in [5, 5.41) is 6.26. The Morgan fingerprint density at radius 3 is 2.59 bits per heavy atom. The maximum atomic E-state index is 11.6. The third-order valence-corrected chi connectivity index (χ3v) is 3.33. The number of carbonyl (C=O) groups is 1. The van der Waals surface area contributed by atoms with Gasteiger partial charge in [0.2, 0.25) is 5.91 Å². The van der Waals surface area contributed by atoms with Crippen molar-refractivity contribution in [1.29, 1.82) is 0 Å². The molecule has 0 saturated heterocycles. The molecule has 2 unspecified atom stereocenters. The average Bonchev–Trinajstić information content (AvgIpc) is 2.63. The monoisotopic (exact) mass is 262 g/mol. The normalized spacial score (nSPS) is 23.2. The summed E-state index contributed by atoms with van der Waals surface area (Å²) in [7, 11) is 0. The van der Waals surface area contributed by atoms with Gasteiger partial charge in [-0.05, 0) is 37.6 Å². The third kappa shape index (κ3) is 7.61. The molecule has 1 fully saturated rings. The van der Waals surface area contributed by atoms with E-state index in [4.69, 9.17) is 0 Å². The molecule has 0 aromatic rings. The van der Waals surface area contributed by atoms with Crippen LogP contribution in [-0.4, -0.2) is 25.5 Å². The van der Waals surface area contributed by atoms with Gasteiger partial charge in [-0.1, -0.05) is 20.3 Å². The third-order valence-electron chi connectivity index (χ3n) is 3.33. The molecule has 1 amide bonds. The Bertz CT molecular complexity index is 212. The number of hydrogen-bond donors (Lipinski definition) is 2. The van der Waals surface area contributed by atoms with Crippen molar-refractivity contribution in [2.45, 2.75) is 46.0 Å². The van der Waals surface area contributed by atoms with E-state index in [1.165, 1.54) is 19.3 Å². The van der Waals surface area contributed by atoms with E-state index >= 15 is 0 Å². The predicted octanol–water partition coefficient (Wildman–Crippen LogP) is 2.35. The van der Waals surface area contributed by atoms with Crippen molar-refractivity contribution in [1.82, 2.24) is 10.6 Å². The fraction of sp³-hybridized carbons (Fsp3) is 0.923. The van der Waals surface area contributed by atoms with Crippen LogP contribution in [0, 0.1) is 11.8 Å². The fourth-order valence-electron chi connectivity index (χ4n) is 2.44. The number of hydrogen-bond acceptors (Lipinski definition) is 2. The lowest BCUT2D eigenvalue weighted by atomic mass is 10.0. The van der Waals surface area contributed by atoms with Crippen LogP contribution in [0.1, 0.15) is 46.0 Å². The van der Waals surface area contributed by atoms with Gasteiger partial charge in [-0.2, -0.15) is 0 Å². The smallest absolute Gasteiger partial charge is 0.220 e. The minimum Gasteiger partial charge on any atom is -0.355 e. The van der Waals surface area contributed by atoms with Crippen molar-refractivity contribution in [3.63, 3.8) is 0 Å². The molecule has 0 spiro atoms. The van der Waals surface area contributed by atoms with Crippen LogP contribution in [0.25, 0.3) is 0 Å². The van der Waals surface area contributed by atoms with E-state index in [1.807, 2.05) is 0 Å². The van der Waals surface area contributed by atoms with Crippen LogP contribution in [-0.2, 0) is 4.79 Å². The molecule has 1 aliphatic carbocycles. The summed E-state index contributed by atoms with van der Waals surface area (Å²) in [6, 6.07) is 0. The topological polar surface area (TPSA) is 41.1 Å². The Morgan fingerprint density at radius 2 is 2.00 bits per heavy atom. The van der Waals surface area contributed by atoms with Crippen molar-refractivity contribution >= 4 is 18.3 Å². The molecule has 0 bridgehead atoms. The highest BCUT2D eigenvalue weighted by molar-refractivity contribution is 5.85. The highest BCUT2D eigenvalue weighted by Gasteiger charge is 2.23. The van der Waals surface area contributed by atoms with E-state index in [-0.39, 0.29) is 18.3 Å².